The van der Waals surface area contributed by atoms with Gasteiger partial charge in [0.25, 0.3) is 5.89 Å². The van der Waals surface area contributed by atoms with Crippen molar-refractivity contribution in [2.24, 2.45) is 5.73 Å². The number of aromatic nitrogens is 2. The van der Waals surface area contributed by atoms with Gasteiger partial charge in [0.1, 0.15) is 5.54 Å². The molecule has 0 fully saturated rings. The van der Waals surface area contributed by atoms with Crippen LogP contribution in [0.5, 0.6) is 0 Å². The Morgan fingerprint density at radius 1 is 1.24 bits per heavy atom. The van der Waals surface area contributed by atoms with Crippen molar-refractivity contribution in [2.75, 3.05) is 6.61 Å². The number of rotatable bonds is 5. The van der Waals surface area contributed by atoms with Crippen LogP contribution in [0.25, 0.3) is 11.5 Å². The predicted octanol–water partition coefficient (Wildman–Crippen LogP) is 2.95. The average molecular weight is 289 g/mol. The average Bonchev–Trinajstić information content (AvgIpc) is 2.85. The van der Waals surface area contributed by atoms with Crippen LogP contribution in [-0.4, -0.2) is 22.9 Å². The number of nitrogens with two attached hydrogens (primary N) is 1. The third-order valence-corrected chi connectivity index (χ3v) is 3.12. The lowest BCUT2D eigenvalue weighted by atomic mass is 10.0. The third-order valence-electron chi connectivity index (χ3n) is 3.12. The second-order valence-corrected chi connectivity index (χ2v) is 6.08. The molecule has 114 valence electrons. The van der Waals surface area contributed by atoms with Gasteiger partial charge in [0.2, 0.25) is 0 Å². The SMILES string of the molecule is Cc1cc(C)cc(-c2nc(C(C)(N)COC(C)C)no2)c1. The maximum atomic E-state index is 6.23. The Balaban J connectivity index is 2.24. The quantitative estimate of drug-likeness (QED) is 0.916. The van der Waals surface area contributed by atoms with Gasteiger partial charge < -0.3 is 15.0 Å². The minimum Gasteiger partial charge on any atom is -0.376 e. The van der Waals surface area contributed by atoms with E-state index in [1.807, 2.05) is 46.8 Å². The number of hydrogen-bond donors (Lipinski definition) is 1. The van der Waals surface area contributed by atoms with Crippen LogP contribution in [0, 0.1) is 13.8 Å². The summed E-state index contributed by atoms with van der Waals surface area (Å²) in [5, 5.41) is 4.01. The van der Waals surface area contributed by atoms with E-state index < -0.39 is 5.54 Å². The van der Waals surface area contributed by atoms with Gasteiger partial charge in [0.15, 0.2) is 5.82 Å². The Labute approximate surface area is 125 Å². The molecule has 0 aliphatic carbocycles. The van der Waals surface area contributed by atoms with E-state index >= 15 is 0 Å². The molecule has 5 nitrogen and oxygen atoms in total. The summed E-state index contributed by atoms with van der Waals surface area (Å²) in [6.45, 7) is 10.2. The molecule has 5 heteroatoms. The van der Waals surface area contributed by atoms with Gasteiger partial charge in [-0.2, -0.15) is 4.98 Å². The molecule has 0 aliphatic heterocycles. The summed E-state index contributed by atoms with van der Waals surface area (Å²) in [5.74, 6) is 0.940. The first-order valence-corrected chi connectivity index (χ1v) is 7.11. The van der Waals surface area contributed by atoms with E-state index in [1.54, 1.807) is 0 Å². The zero-order chi connectivity index (χ0) is 15.6. The van der Waals surface area contributed by atoms with Crippen molar-refractivity contribution in [1.82, 2.24) is 10.1 Å². The highest BCUT2D eigenvalue weighted by Crippen LogP contribution is 2.23. The van der Waals surface area contributed by atoms with Gasteiger partial charge in [-0.05, 0) is 46.8 Å². The van der Waals surface area contributed by atoms with Crippen molar-refractivity contribution in [1.29, 1.82) is 0 Å². The van der Waals surface area contributed by atoms with Gasteiger partial charge in [0, 0.05) is 5.56 Å². The van der Waals surface area contributed by atoms with E-state index in [0.29, 0.717) is 18.3 Å². The minimum atomic E-state index is -0.773. The summed E-state index contributed by atoms with van der Waals surface area (Å²) < 4.78 is 10.9. The zero-order valence-electron chi connectivity index (χ0n) is 13.3. The van der Waals surface area contributed by atoms with E-state index in [9.17, 15) is 0 Å². The minimum absolute atomic E-state index is 0.110. The molecule has 21 heavy (non-hydrogen) atoms. The number of hydrogen-bond acceptors (Lipinski definition) is 5. The smallest absolute Gasteiger partial charge is 0.258 e. The molecule has 0 amide bonds. The van der Waals surface area contributed by atoms with Crippen molar-refractivity contribution in [3.05, 3.63) is 35.2 Å². The Kier molecular flexibility index (Phi) is 4.44. The largest absolute Gasteiger partial charge is 0.376 e. The molecule has 0 radical (unpaired) electrons. The van der Waals surface area contributed by atoms with Crippen molar-refractivity contribution in [2.45, 2.75) is 46.3 Å². The summed E-state index contributed by atoms with van der Waals surface area (Å²) in [6.07, 6.45) is 0.110. The fourth-order valence-corrected chi connectivity index (χ4v) is 2.08. The molecular formula is C16H23N3O2. The van der Waals surface area contributed by atoms with Crippen molar-refractivity contribution >= 4 is 0 Å². The summed E-state index contributed by atoms with van der Waals surface area (Å²) in [4.78, 5) is 4.43. The molecule has 2 aromatic rings. The third kappa shape index (κ3) is 3.89. The van der Waals surface area contributed by atoms with Crippen LogP contribution in [0.1, 0.15) is 37.7 Å². The molecule has 2 rings (SSSR count). The first-order chi connectivity index (χ1) is 9.78. The molecule has 0 aliphatic rings. The normalized spacial score (nSPS) is 14.4. The Morgan fingerprint density at radius 2 is 1.86 bits per heavy atom. The van der Waals surface area contributed by atoms with E-state index in [0.717, 1.165) is 16.7 Å². The standard InChI is InChI=1S/C16H23N3O2/c1-10(2)20-9-16(5,17)15-18-14(21-19-15)13-7-11(3)6-12(4)8-13/h6-8,10H,9,17H2,1-5H3. The van der Waals surface area contributed by atoms with E-state index in [-0.39, 0.29) is 6.10 Å². The molecule has 1 atom stereocenters. The molecule has 0 saturated heterocycles. The molecule has 1 aromatic heterocycles. The monoisotopic (exact) mass is 289 g/mol. The summed E-state index contributed by atoms with van der Waals surface area (Å²) in [5.41, 5.74) is 8.68. The van der Waals surface area contributed by atoms with Crippen LogP contribution in [-0.2, 0) is 10.3 Å². The van der Waals surface area contributed by atoms with Crippen LogP contribution >= 0.6 is 0 Å². The van der Waals surface area contributed by atoms with Crippen LogP contribution in [0.3, 0.4) is 0 Å². The van der Waals surface area contributed by atoms with Gasteiger partial charge >= 0.3 is 0 Å². The number of ether oxygens (including phenoxy) is 1. The molecule has 2 N–H and O–H groups in total. The molecule has 1 heterocycles. The maximum absolute atomic E-state index is 6.23. The highest BCUT2D eigenvalue weighted by atomic mass is 16.5. The molecule has 1 unspecified atom stereocenters. The van der Waals surface area contributed by atoms with Crippen LogP contribution < -0.4 is 5.73 Å². The molecule has 0 bridgehead atoms. The lowest BCUT2D eigenvalue weighted by Gasteiger charge is -2.21. The number of aryl methyl sites for hydroxylation is 2. The molecule has 0 saturated carbocycles. The second kappa shape index (κ2) is 5.95. The fourth-order valence-electron chi connectivity index (χ4n) is 2.08. The van der Waals surface area contributed by atoms with Crippen LogP contribution in [0.15, 0.2) is 22.7 Å². The maximum Gasteiger partial charge on any atom is 0.258 e. The van der Waals surface area contributed by atoms with Crippen LogP contribution in [0.4, 0.5) is 0 Å². The zero-order valence-corrected chi connectivity index (χ0v) is 13.3. The van der Waals surface area contributed by atoms with E-state index in [4.69, 9.17) is 15.0 Å². The topological polar surface area (TPSA) is 74.2 Å². The van der Waals surface area contributed by atoms with Gasteiger partial charge in [0.05, 0.1) is 12.7 Å². The number of nitrogens with zero attached hydrogens (tertiary/aromatic N) is 2. The highest BCUT2D eigenvalue weighted by Gasteiger charge is 2.28. The first-order valence-electron chi connectivity index (χ1n) is 7.11. The first kappa shape index (κ1) is 15.7. The molecule has 1 aromatic carbocycles. The van der Waals surface area contributed by atoms with Gasteiger partial charge in [-0.3, -0.25) is 0 Å². The Bertz CT molecular complexity index is 597. The Hall–Kier alpha value is -1.72. The summed E-state index contributed by atoms with van der Waals surface area (Å²) in [7, 11) is 0. The fraction of sp³-hybridized carbons (Fsp3) is 0.500. The molecule has 0 spiro atoms. The van der Waals surface area contributed by atoms with E-state index in [1.165, 1.54) is 0 Å². The van der Waals surface area contributed by atoms with Crippen molar-refractivity contribution < 1.29 is 9.26 Å². The lowest BCUT2D eigenvalue weighted by molar-refractivity contribution is 0.0410. The Morgan fingerprint density at radius 3 is 2.43 bits per heavy atom. The second-order valence-electron chi connectivity index (χ2n) is 6.08. The number of benzene rings is 1. The van der Waals surface area contributed by atoms with Gasteiger partial charge in [-0.15, -0.1) is 0 Å². The van der Waals surface area contributed by atoms with Crippen molar-refractivity contribution in [3.63, 3.8) is 0 Å². The highest BCUT2D eigenvalue weighted by molar-refractivity contribution is 5.55. The predicted molar refractivity (Wildman–Crippen MR) is 81.8 cm³/mol. The summed E-state index contributed by atoms with van der Waals surface area (Å²) >= 11 is 0. The van der Waals surface area contributed by atoms with E-state index in [2.05, 4.69) is 16.2 Å². The summed E-state index contributed by atoms with van der Waals surface area (Å²) in [6, 6.07) is 6.13. The van der Waals surface area contributed by atoms with Gasteiger partial charge in [-0.1, -0.05) is 22.3 Å². The van der Waals surface area contributed by atoms with Crippen LogP contribution in [0.2, 0.25) is 0 Å². The lowest BCUT2D eigenvalue weighted by Crippen LogP contribution is -2.40. The van der Waals surface area contributed by atoms with Crippen molar-refractivity contribution in [3.8, 4) is 11.5 Å². The molecular weight excluding hydrogens is 266 g/mol. The van der Waals surface area contributed by atoms with Gasteiger partial charge in [-0.25, -0.2) is 0 Å².